The first-order valence-corrected chi connectivity index (χ1v) is 7.63. The fourth-order valence-electron chi connectivity index (χ4n) is 5.41. The lowest BCUT2D eigenvalue weighted by atomic mass is 9.70. The lowest BCUT2D eigenvalue weighted by Crippen LogP contribution is -2.53. The molecule has 0 aromatic heterocycles. The van der Waals surface area contributed by atoms with E-state index in [1.54, 1.807) is 0 Å². The monoisotopic (exact) mass is 318 g/mol. The van der Waals surface area contributed by atoms with Crippen LogP contribution in [-0.4, -0.2) is 8.65 Å². The van der Waals surface area contributed by atoms with Crippen LogP contribution in [0.4, 0.5) is 0 Å². The molecule has 0 spiro atoms. The predicted octanol–water partition coefficient (Wildman–Crippen LogP) is 4.11. The van der Waals surface area contributed by atoms with Gasteiger partial charge in [-0.3, -0.25) is 0 Å². The molecule has 0 N–H and O–H groups in total. The lowest BCUT2D eigenvalue weighted by Gasteiger charge is -2.49. The number of alkyl halides is 2. The summed E-state index contributed by atoms with van der Waals surface area (Å²) in [6, 6.07) is 0. The van der Waals surface area contributed by atoms with Crippen molar-refractivity contribution in [3.8, 4) is 0 Å². The SMILES string of the molecule is BrC12C3CCC(C3)C1(Br)C1CCC2C1. The van der Waals surface area contributed by atoms with Crippen LogP contribution in [0, 0.1) is 23.7 Å². The fraction of sp³-hybridized carbons (Fsp3) is 1.00. The zero-order valence-corrected chi connectivity index (χ0v) is 11.5. The highest BCUT2D eigenvalue weighted by molar-refractivity contribution is 9.13. The molecule has 4 atom stereocenters. The largest absolute Gasteiger partial charge is 0.0832 e. The summed E-state index contributed by atoms with van der Waals surface area (Å²) in [6.45, 7) is 0. The van der Waals surface area contributed by atoms with Crippen LogP contribution < -0.4 is 0 Å². The molecule has 0 aromatic carbocycles. The topological polar surface area (TPSA) is 0 Å². The summed E-state index contributed by atoms with van der Waals surface area (Å²) in [6.07, 6.45) is 8.98. The average molecular weight is 320 g/mol. The van der Waals surface area contributed by atoms with Crippen LogP contribution in [0.5, 0.6) is 0 Å². The van der Waals surface area contributed by atoms with Crippen molar-refractivity contribution in [2.24, 2.45) is 23.7 Å². The smallest absolute Gasteiger partial charge is 0.0472 e. The van der Waals surface area contributed by atoms with Crippen molar-refractivity contribution in [3.63, 3.8) is 0 Å². The van der Waals surface area contributed by atoms with Crippen molar-refractivity contribution in [1.82, 2.24) is 0 Å². The molecule has 0 amide bonds. The van der Waals surface area contributed by atoms with Crippen molar-refractivity contribution in [2.45, 2.75) is 47.2 Å². The van der Waals surface area contributed by atoms with Gasteiger partial charge in [0.2, 0.25) is 0 Å². The Morgan fingerprint density at radius 1 is 0.643 bits per heavy atom. The molecule has 2 heteroatoms. The maximum absolute atomic E-state index is 4.20. The van der Waals surface area contributed by atoms with Crippen LogP contribution in [0.15, 0.2) is 0 Å². The third-order valence-electron chi connectivity index (χ3n) is 5.83. The van der Waals surface area contributed by atoms with Crippen molar-refractivity contribution in [1.29, 1.82) is 0 Å². The molecule has 4 rings (SSSR count). The number of hydrogen-bond donors (Lipinski definition) is 0. The van der Waals surface area contributed by atoms with Crippen LogP contribution >= 0.6 is 31.9 Å². The van der Waals surface area contributed by atoms with Gasteiger partial charge in [0, 0.05) is 8.65 Å². The van der Waals surface area contributed by atoms with Gasteiger partial charge in [0.05, 0.1) is 0 Å². The molecule has 4 aliphatic carbocycles. The van der Waals surface area contributed by atoms with Gasteiger partial charge in [0.1, 0.15) is 0 Å². The summed E-state index contributed by atoms with van der Waals surface area (Å²) in [4.78, 5) is 0. The Hall–Kier alpha value is 0.960. The molecule has 14 heavy (non-hydrogen) atoms. The quantitative estimate of drug-likeness (QED) is 0.465. The Kier molecular flexibility index (Phi) is 1.58. The van der Waals surface area contributed by atoms with Crippen LogP contribution in [0.25, 0.3) is 0 Å². The number of hydrogen-bond acceptors (Lipinski definition) is 0. The molecule has 78 valence electrons. The molecular formula is C12H16Br2. The first kappa shape index (κ1) is 9.04. The average Bonchev–Trinajstić information content (AvgIpc) is 2.86. The van der Waals surface area contributed by atoms with Gasteiger partial charge < -0.3 is 0 Å². The summed E-state index contributed by atoms with van der Waals surface area (Å²) >= 11 is 8.39. The standard InChI is InChI=1S/C12H16Br2/c13-11-7-1-2-8(5-7)12(11,14)10-4-3-9(11)6-10/h7-10H,1-6H2. The lowest BCUT2D eigenvalue weighted by molar-refractivity contribution is 0.222. The third kappa shape index (κ3) is 0.687. The molecule has 4 aliphatic rings. The normalized spacial score (nSPS) is 69.0. The molecule has 4 fully saturated rings. The van der Waals surface area contributed by atoms with Gasteiger partial charge in [-0.25, -0.2) is 0 Å². The predicted molar refractivity (Wildman–Crippen MR) is 65.0 cm³/mol. The number of fused-ring (bicyclic) bond motifs is 9. The minimum absolute atomic E-state index is 0.506. The molecule has 0 heterocycles. The Balaban J connectivity index is 1.91. The van der Waals surface area contributed by atoms with Crippen molar-refractivity contribution < 1.29 is 0 Å². The second-order valence-corrected chi connectivity index (χ2v) is 8.57. The van der Waals surface area contributed by atoms with E-state index >= 15 is 0 Å². The zero-order chi connectivity index (χ0) is 9.55. The molecule has 0 nitrogen and oxygen atoms in total. The number of halogens is 2. The summed E-state index contributed by atoms with van der Waals surface area (Å²) in [7, 11) is 0. The van der Waals surface area contributed by atoms with E-state index in [0.29, 0.717) is 8.65 Å². The van der Waals surface area contributed by atoms with E-state index in [-0.39, 0.29) is 0 Å². The molecule has 0 saturated heterocycles. The fourth-order valence-corrected chi connectivity index (χ4v) is 8.37. The first-order chi connectivity index (χ1) is 6.67. The molecule has 4 bridgehead atoms. The van der Waals surface area contributed by atoms with Gasteiger partial charge in [0.15, 0.2) is 0 Å². The second kappa shape index (κ2) is 2.45. The molecule has 0 radical (unpaired) electrons. The maximum atomic E-state index is 4.20. The minimum atomic E-state index is 0.506. The van der Waals surface area contributed by atoms with Gasteiger partial charge in [-0.05, 0) is 62.2 Å². The van der Waals surface area contributed by atoms with Gasteiger partial charge in [-0.1, -0.05) is 31.9 Å². The maximum Gasteiger partial charge on any atom is 0.0472 e. The summed E-state index contributed by atoms with van der Waals surface area (Å²) in [5, 5.41) is 0. The third-order valence-corrected chi connectivity index (χ3v) is 10.3. The molecule has 4 unspecified atom stereocenters. The highest BCUT2D eigenvalue weighted by Crippen LogP contribution is 2.77. The van der Waals surface area contributed by atoms with E-state index in [1.165, 1.54) is 38.5 Å². The van der Waals surface area contributed by atoms with Gasteiger partial charge in [-0.2, -0.15) is 0 Å². The number of rotatable bonds is 0. The van der Waals surface area contributed by atoms with Gasteiger partial charge in [0.25, 0.3) is 0 Å². The van der Waals surface area contributed by atoms with Crippen molar-refractivity contribution >= 4 is 31.9 Å². The molecule has 4 saturated carbocycles. The molecular weight excluding hydrogens is 304 g/mol. The molecule has 0 aliphatic heterocycles. The Morgan fingerprint density at radius 3 is 1.21 bits per heavy atom. The van der Waals surface area contributed by atoms with Crippen molar-refractivity contribution in [2.75, 3.05) is 0 Å². The summed E-state index contributed by atoms with van der Waals surface area (Å²) in [5.74, 6) is 3.95. The van der Waals surface area contributed by atoms with Gasteiger partial charge >= 0.3 is 0 Å². The zero-order valence-electron chi connectivity index (χ0n) is 8.31. The highest BCUT2D eigenvalue weighted by Gasteiger charge is 2.75. The Bertz CT molecular complexity index is 249. The van der Waals surface area contributed by atoms with Crippen molar-refractivity contribution in [3.05, 3.63) is 0 Å². The van der Waals surface area contributed by atoms with E-state index in [4.69, 9.17) is 0 Å². The van der Waals surface area contributed by atoms with E-state index in [1.807, 2.05) is 0 Å². The summed E-state index contributed by atoms with van der Waals surface area (Å²) in [5.41, 5.74) is 0. The first-order valence-electron chi connectivity index (χ1n) is 6.05. The molecule has 0 aromatic rings. The van der Waals surface area contributed by atoms with E-state index in [9.17, 15) is 0 Å². The van der Waals surface area contributed by atoms with Crippen LogP contribution in [0.2, 0.25) is 0 Å². The van der Waals surface area contributed by atoms with E-state index in [0.717, 1.165) is 23.7 Å². The second-order valence-electron chi connectivity index (χ2n) is 5.95. The summed E-state index contributed by atoms with van der Waals surface area (Å²) < 4.78 is 1.01. The minimum Gasteiger partial charge on any atom is -0.0832 e. The van der Waals surface area contributed by atoms with Crippen LogP contribution in [-0.2, 0) is 0 Å². The van der Waals surface area contributed by atoms with E-state index in [2.05, 4.69) is 31.9 Å². The van der Waals surface area contributed by atoms with Crippen LogP contribution in [0.3, 0.4) is 0 Å². The highest BCUT2D eigenvalue weighted by atomic mass is 79.9. The Morgan fingerprint density at radius 2 is 0.929 bits per heavy atom. The van der Waals surface area contributed by atoms with Gasteiger partial charge in [-0.15, -0.1) is 0 Å². The Labute approximate surface area is 102 Å². The van der Waals surface area contributed by atoms with Crippen LogP contribution in [0.1, 0.15) is 38.5 Å². The van der Waals surface area contributed by atoms with E-state index < -0.39 is 0 Å².